The van der Waals surface area contributed by atoms with E-state index in [1.54, 1.807) is 30.6 Å². The van der Waals surface area contributed by atoms with E-state index < -0.39 is 0 Å². The number of hydrogen-bond donors (Lipinski definition) is 1. The number of hydrogen-bond acceptors (Lipinski definition) is 7. The smallest absolute Gasteiger partial charge is 0.257 e. The van der Waals surface area contributed by atoms with Crippen molar-refractivity contribution in [1.29, 1.82) is 0 Å². The van der Waals surface area contributed by atoms with Crippen molar-refractivity contribution in [3.05, 3.63) is 66.1 Å². The Morgan fingerprint density at radius 1 is 1.20 bits per heavy atom. The van der Waals surface area contributed by atoms with Crippen molar-refractivity contribution in [2.75, 3.05) is 5.32 Å². The Hall–Kier alpha value is -3.46. The molecule has 0 spiro atoms. The average Bonchev–Trinajstić information content (AvgIpc) is 3.35. The number of thiazole rings is 1. The minimum absolute atomic E-state index is 0.248. The van der Waals surface area contributed by atoms with Gasteiger partial charge in [-0.3, -0.25) is 15.1 Å². The van der Waals surface area contributed by atoms with Gasteiger partial charge in [-0.15, -0.1) is 16.4 Å². The van der Waals surface area contributed by atoms with Gasteiger partial charge in [0.05, 0.1) is 11.4 Å². The van der Waals surface area contributed by atoms with Gasteiger partial charge in [0, 0.05) is 28.9 Å². The van der Waals surface area contributed by atoms with Crippen molar-refractivity contribution in [2.45, 2.75) is 0 Å². The topological polar surface area (TPSA) is 98.5 Å². The van der Waals surface area contributed by atoms with Crippen molar-refractivity contribution >= 4 is 22.4 Å². The molecule has 0 radical (unpaired) electrons. The molecule has 0 aliphatic heterocycles. The normalized spacial score (nSPS) is 10.6. The van der Waals surface area contributed by atoms with Gasteiger partial charge in [0.1, 0.15) is 6.33 Å². The summed E-state index contributed by atoms with van der Waals surface area (Å²) in [6.07, 6.45) is 4.91. The van der Waals surface area contributed by atoms with Gasteiger partial charge in [-0.1, -0.05) is 6.07 Å². The molecule has 3 aromatic heterocycles. The van der Waals surface area contributed by atoms with Crippen LogP contribution in [0.3, 0.4) is 0 Å². The number of pyridine rings is 1. The summed E-state index contributed by atoms with van der Waals surface area (Å²) < 4.78 is 1.49. The van der Waals surface area contributed by atoms with E-state index in [4.69, 9.17) is 0 Å². The Balaban J connectivity index is 1.53. The number of amides is 1. The summed E-state index contributed by atoms with van der Waals surface area (Å²) in [6.45, 7) is 0. The minimum Gasteiger partial charge on any atom is -0.298 e. The Labute approximate surface area is 146 Å². The first-order chi connectivity index (χ1) is 12.3. The van der Waals surface area contributed by atoms with Crippen LogP contribution < -0.4 is 5.32 Å². The Bertz CT molecular complexity index is 998. The lowest BCUT2D eigenvalue weighted by molar-refractivity contribution is 0.102. The van der Waals surface area contributed by atoms with E-state index in [2.05, 4.69) is 30.8 Å². The zero-order valence-electron chi connectivity index (χ0n) is 12.8. The number of carbonyl (C=O) groups is 1. The molecule has 0 atom stereocenters. The highest BCUT2D eigenvalue weighted by atomic mass is 32.1. The first-order valence-corrected chi connectivity index (χ1v) is 8.18. The van der Waals surface area contributed by atoms with Crippen LogP contribution in [-0.2, 0) is 0 Å². The van der Waals surface area contributed by atoms with Gasteiger partial charge in [-0.05, 0) is 40.8 Å². The highest BCUT2D eigenvalue weighted by Gasteiger charge is 2.11. The third-order valence-electron chi connectivity index (χ3n) is 3.40. The van der Waals surface area contributed by atoms with E-state index in [0.717, 1.165) is 11.3 Å². The van der Waals surface area contributed by atoms with Crippen LogP contribution in [0.15, 0.2) is 60.5 Å². The summed E-state index contributed by atoms with van der Waals surface area (Å²) in [5.74, 6) is -0.248. The first-order valence-electron chi connectivity index (χ1n) is 7.30. The number of nitrogens with zero attached hydrogens (tertiary/aromatic N) is 6. The van der Waals surface area contributed by atoms with Crippen LogP contribution >= 0.6 is 11.3 Å². The largest absolute Gasteiger partial charge is 0.298 e. The molecular formula is C16H11N7OS. The quantitative estimate of drug-likeness (QED) is 0.607. The zero-order chi connectivity index (χ0) is 17.1. The molecule has 122 valence electrons. The van der Waals surface area contributed by atoms with Gasteiger partial charge in [0.15, 0.2) is 5.13 Å². The lowest BCUT2D eigenvalue weighted by Gasteiger charge is -2.04. The number of nitrogens with one attached hydrogen (secondary N) is 1. The summed E-state index contributed by atoms with van der Waals surface area (Å²) in [5, 5.41) is 16.2. The summed E-state index contributed by atoms with van der Waals surface area (Å²) >= 11 is 1.36. The van der Waals surface area contributed by atoms with Gasteiger partial charge < -0.3 is 0 Å². The average molecular weight is 349 g/mol. The van der Waals surface area contributed by atoms with Gasteiger partial charge in [0.25, 0.3) is 5.91 Å². The van der Waals surface area contributed by atoms with Crippen LogP contribution in [0.2, 0.25) is 0 Å². The van der Waals surface area contributed by atoms with Crippen molar-refractivity contribution in [3.63, 3.8) is 0 Å². The van der Waals surface area contributed by atoms with Crippen LogP contribution in [0, 0.1) is 0 Å². The molecular weight excluding hydrogens is 338 g/mol. The molecule has 25 heavy (non-hydrogen) atoms. The van der Waals surface area contributed by atoms with Crippen LogP contribution in [0.1, 0.15) is 10.4 Å². The van der Waals surface area contributed by atoms with Gasteiger partial charge in [0.2, 0.25) is 0 Å². The van der Waals surface area contributed by atoms with E-state index in [1.165, 1.54) is 22.3 Å². The summed E-state index contributed by atoms with van der Waals surface area (Å²) in [6, 6.07) is 10.8. The molecule has 1 amide bonds. The second-order valence-corrected chi connectivity index (χ2v) is 5.90. The lowest BCUT2D eigenvalue weighted by atomic mass is 10.2. The predicted molar refractivity (Wildman–Crippen MR) is 92.5 cm³/mol. The molecule has 9 heteroatoms. The Kier molecular flexibility index (Phi) is 3.97. The van der Waals surface area contributed by atoms with Crippen LogP contribution in [-0.4, -0.2) is 36.1 Å². The van der Waals surface area contributed by atoms with Gasteiger partial charge in [-0.2, -0.15) is 0 Å². The summed E-state index contributed by atoms with van der Waals surface area (Å²) in [7, 11) is 0. The van der Waals surface area contributed by atoms with E-state index in [1.807, 2.05) is 23.6 Å². The minimum atomic E-state index is -0.248. The second-order valence-electron chi connectivity index (χ2n) is 5.04. The van der Waals surface area contributed by atoms with Gasteiger partial charge in [-0.25, -0.2) is 9.67 Å². The fourth-order valence-electron chi connectivity index (χ4n) is 2.22. The number of anilines is 1. The first kappa shape index (κ1) is 15.1. The monoisotopic (exact) mass is 349 g/mol. The van der Waals surface area contributed by atoms with Crippen LogP contribution in [0.25, 0.3) is 16.9 Å². The van der Waals surface area contributed by atoms with Gasteiger partial charge >= 0.3 is 0 Å². The Morgan fingerprint density at radius 3 is 2.96 bits per heavy atom. The van der Waals surface area contributed by atoms with E-state index >= 15 is 0 Å². The summed E-state index contributed by atoms with van der Waals surface area (Å²) in [4.78, 5) is 21.0. The third kappa shape index (κ3) is 3.26. The molecule has 0 fully saturated rings. The SMILES string of the molecule is O=C(Nc1nc(-c2cccnc2)cs1)c1cccc(-n2cnnn2)c1. The second kappa shape index (κ2) is 6.57. The van der Waals surface area contributed by atoms with E-state index in [9.17, 15) is 4.79 Å². The molecule has 4 rings (SSSR count). The lowest BCUT2D eigenvalue weighted by Crippen LogP contribution is -2.12. The molecule has 8 nitrogen and oxygen atoms in total. The standard InChI is InChI=1S/C16H11N7OS/c24-15(11-3-1-5-13(7-11)23-10-18-21-22-23)20-16-19-14(9-25-16)12-4-2-6-17-8-12/h1-10H,(H,19,20,24). The molecule has 0 aliphatic carbocycles. The number of benzene rings is 1. The van der Waals surface area contributed by atoms with Crippen molar-refractivity contribution in [1.82, 2.24) is 30.2 Å². The third-order valence-corrected chi connectivity index (χ3v) is 4.16. The maximum absolute atomic E-state index is 12.5. The molecule has 0 aliphatic rings. The molecule has 1 N–H and O–H groups in total. The fraction of sp³-hybridized carbons (Fsp3) is 0. The molecule has 0 bridgehead atoms. The highest BCUT2D eigenvalue weighted by molar-refractivity contribution is 7.14. The fourth-order valence-corrected chi connectivity index (χ4v) is 2.93. The zero-order valence-corrected chi connectivity index (χ0v) is 13.6. The molecule has 0 saturated carbocycles. The molecule has 4 aromatic rings. The van der Waals surface area contributed by atoms with E-state index in [0.29, 0.717) is 16.4 Å². The predicted octanol–water partition coefficient (Wildman–Crippen LogP) is 2.43. The maximum atomic E-state index is 12.5. The molecule has 3 heterocycles. The Morgan fingerprint density at radius 2 is 2.16 bits per heavy atom. The van der Waals surface area contributed by atoms with E-state index in [-0.39, 0.29) is 5.91 Å². The number of rotatable bonds is 4. The van der Waals surface area contributed by atoms with Crippen LogP contribution in [0.4, 0.5) is 5.13 Å². The number of carbonyl (C=O) groups excluding carboxylic acids is 1. The maximum Gasteiger partial charge on any atom is 0.257 e. The molecule has 0 saturated heterocycles. The molecule has 1 aromatic carbocycles. The van der Waals surface area contributed by atoms with Crippen LogP contribution in [0.5, 0.6) is 0 Å². The van der Waals surface area contributed by atoms with Crippen molar-refractivity contribution in [2.24, 2.45) is 0 Å². The van der Waals surface area contributed by atoms with Crippen molar-refractivity contribution < 1.29 is 4.79 Å². The number of aromatic nitrogens is 6. The number of tetrazole rings is 1. The summed E-state index contributed by atoms with van der Waals surface area (Å²) in [5.41, 5.74) is 2.87. The van der Waals surface area contributed by atoms with Crippen molar-refractivity contribution in [3.8, 4) is 16.9 Å². The molecule has 0 unspecified atom stereocenters. The highest BCUT2D eigenvalue weighted by Crippen LogP contribution is 2.24.